The van der Waals surface area contributed by atoms with Gasteiger partial charge in [0.05, 0.1) is 10.9 Å². The van der Waals surface area contributed by atoms with Gasteiger partial charge in [-0.3, -0.25) is 4.79 Å². The van der Waals surface area contributed by atoms with E-state index in [1.54, 1.807) is 12.4 Å². The van der Waals surface area contributed by atoms with Gasteiger partial charge in [0.25, 0.3) is 5.91 Å². The maximum absolute atomic E-state index is 13.1. The van der Waals surface area contributed by atoms with Gasteiger partial charge < -0.3 is 15.2 Å². The second kappa shape index (κ2) is 8.17. The predicted octanol–water partition coefficient (Wildman–Crippen LogP) is 0.537. The number of hydrogen-bond donors (Lipinski definition) is 2. The summed E-state index contributed by atoms with van der Waals surface area (Å²) >= 11 is 0. The molecule has 0 bridgehead atoms. The van der Waals surface area contributed by atoms with Gasteiger partial charge in [-0.2, -0.15) is 4.31 Å². The summed E-state index contributed by atoms with van der Waals surface area (Å²) in [7, 11) is -0.315. The molecule has 1 unspecified atom stereocenters. The number of nitrogens with zero attached hydrogens (tertiary/aromatic N) is 3. The predicted molar refractivity (Wildman–Crippen MR) is 99.8 cm³/mol. The highest BCUT2D eigenvalue weighted by molar-refractivity contribution is 7.89. The molecule has 1 saturated heterocycles. The number of amides is 1. The summed E-state index contributed by atoms with van der Waals surface area (Å²) in [5, 5.41) is 5.74. The Kier molecular flexibility index (Phi) is 6.40. The molecule has 0 spiro atoms. The minimum atomic E-state index is -3.69. The Morgan fingerprint density at radius 3 is 2.58 bits per heavy atom. The minimum Gasteiger partial charge on any atom is -0.355 e. The van der Waals surface area contributed by atoms with E-state index in [-0.39, 0.29) is 29.3 Å². The molecule has 1 amide bonds. The van der Waals surface area contributed by atoms with Gasteiger partial charge in [-0.25, -0.2) is 13.4 Å². The van der Waals surface area contributed by atoms with Crippen molar-refractivity contribution in [3.8, 4) is 0 Å². The molecule has 1 aromatic heterocycles. The monoisotopic (exact) mass is 399 g/mol. The van der Waals surface area contributed by atoms with E-state index in [0.29, 0.717) is 31.0 Å². The molecule has 3 rings (SSSR count). The van der Waals surface area contributed by atoms with Gasteiger partial charge in [0.15, 0.2) is 0 Å². The Bertz CT molecular complexity index is 866. The molecule has 8 nitrogen and oxygen atoms in total. The number of sulfonamides is 1. The number of nitrogens with one attached hydrogen (secondary N) is 2. The number of imidazole rings is 1. The van der Waals surface area contributed by atoms with Crippen molar-refractivity contribution in [1.82, 2.24) is 24.5 Å². The van der Waals surface area contributed by atoms with Crippen LogP contribution in [0.15, 0.2) is 41.6 Å². The zero-order valence-corrected chi connectivity index (χ0v) is 16.2. The van der Waals surface area contributed by atoms with Crippen LogP contribution in [0.4, 0.5) is 0 Å². The number of carbonyl (C=O) groups is 1. The van der Waals surface area contributed by atoms with Crippen molar-refractivity contribution in [3.05, 3.63) is 48.0 Å². The summed E-state index contributed by atoms with van der Waals surface area (Å²) in [5.74, 6) is 0.440. The highest BCUT2D eigenvalue weighted by Gasteiger charge is 2.36. The number of aryl methyl sites for hydroxylation is 1. The molecular formula is C16H22ClN5O3S. The molecule has 2 heterocycles. The summed E-state index contributed by atoms with van der Waals surface area (Å²) in [6.07, 6.45) is 3.46. The molecule has 142 valence electrons. The minimum absolute atomic E-state index is 0. The van der Waals surface area contributed by atoms with Crippen LogP contribution in [0.25, 0.3) is 0 Å². The Hall–Kier alpha value is -1.94. The summed E-state index contributed by atoms with van der Waals surface area (Å²) in [6.45, 7) is 1.44. The quantitative estimate of drug-likeness (QED) is 0.782. The number of aromatic nitrogens is 2. The Labute approximate surface area is 159 Å². The molecule has 1 aliphatic rings. The second-order valence-electron chi connectivity index (χ2n) is 5.84. The zero-order valence-electron chi connectivity index (χ0n) is 14.5. The van der Waals surface area contributed by atoms with Gasteiger partial charge in [0.1, 0.15) is 5.82 Å². The molecule has 1 aliphatic heterocycles. The van der Waals surface area contributed by atoms with Crippen LogP contribution in [-0.2, 0) is 17.1 Å². The average Bonchev–Trinajstić information content (AvgIpc) is 3.07. The van der Waals surface area contributed by atoms with Gasteiger partial charge in [0, 0.05) is 51.7 Å². The molecule has 2 aromatic rings. The molecule has 0 radical (unpaired) electrons. The van der Waals surface area contributed by atoms with Crippen LogP contribution in [0.2, 0.25) is 0 Å². The van der Waals surface area contributed by atoms with Crippen LogP contribution < -0.4 is 10.6 Å². The van der Waals surface area contributed by atoms with Crippen LogP contribution in [0, 0.1) is 0 Å². The fraction of sp³-hybridized carbons (Fsp3) is 0.375. The van der Waals surface area contributed by atoms with Crippen molar-refractivity contribution >= 4 is 28.3 Å². The van der Waals surface area contributed by atoms with Crippen molar-refractivity contribution in [1.29, 1.82) is 0 Å². The largest absolute Gasteiger partial charge is 0.355 e. The molecule has 26 heavy (non-hydrogen) atoms. The molecule has 1 atom stereocenters. The van der Waals surface area contributed by atoms with E-state index in [1.165, 1.54) is 35.6 Å². The van der Waals surface area contributed by atoms with Crippen molar-refractivity contribution in [2.24, 2.45) is 7.05 Å². The number of hydrogen-bond acceptors (Lipinski definition) is 5. The fourth-order valence-electron chi connectivity index (χ4n) is 2.95. The summed E-state index contributed by atoms with van der Waals surface area (Å²) in [5.41, 5.74) is 0.419. The maximum Gasteiger partial charge on any atom is 0.251 e. The molecule has 1 fully saturated rings. The van der Waals surface area contributed by atoms with Gasteiger partial charge in [-0.05, 0) is 24.3 Å². The van der Waals surface area contributed by atoms with Crippen LogP contribution in [0.5, 0.6) is 0 Å². The van der Waals surface area contributed by atoms with Crippen LogP contribution >= 0.6 is 12.4 Å². The van der Waals surface area contributed by atoms with Gasteiger partial charge in [-0.1, -0.05) is 0 Å². The number of carbonyl (C=O) groups excluding carboxylic acids is 1. The van der Waals surface area contributed by atoms with E-state index in [4.69, 9.17) is 0 Å². The van der Waals surface area contributed by atoms with Gasteiger partial charge >= 0.3 is 0 Å². The van der Waals surface area contributed by atoms with Gasteiger partial charge in [-0.15, -0.1) is 12.4 Å². The summed E-state index contributed by atoms with van der Waals surface area (Å²) in [4.78, 5) is 16.1. The normalized spacial score (nSPS) is 18.2. The number of halogens is 1. The first kappa shape index (κ1) is 20.4. The highest BCUT2D eigenvalue weighted by Crippen LogP contribution is 2.28. The number of piperazine rings is 1. The van der Waals surface area contributed by atoms with Crippen LogP contribution in [-0.4, -0.2) is 54.9 Å². The average molecular weight is 400 g/mol. The van der Waals surface area contributed by atoms with E-state index < -0.39 is 10.0 Å². The molecule has 0 aliphatic carbocycles. The lowest BCUT2D eigenvalue weighted by molar-refractivity contribution is 0.0963. The number of rotatable bonds is 4. The van der Waals surface area contributed by atoms with E-state index >= 15 is 0 Å². The lowest BCUT2D eigenvalue weighted by Gasteiger charge is -2.34. The van der Waals surface area contributed by atoms with Crippen molar-refractivity contribution in [2.75, 3.05) is 26.7 Å². The summed E-state index contributed by atoms with van der Waals surface area (Å²) < 4.78 is 29.5. The zero-order chi connectivity index (χ0) is 18.0. The molecule has 0 saturated carbocycles. The first-order chi connectivity index (χ1) is 11.9. The van der Waals surface area contributed by atoms with E-state index in [0.717, 1.165) is 0 Å². The molecule has 1 aromatic carbocycles. The van der Waals surface area contributed by atoms with Crippen LogP contribution in [0.3, 0.4) is 0 Å². The third-order valence-electron chi connectivity index (χ3n) is 4.30. The standard InChI is InChI=1S/C16H21N5O3S.ClH/c1-17-16(22)12-3-5-13(6-4-12)25(23,24)21-10-7-18-11-14(21)15-19-8-9-20(15)2;/h3-6,8-9,14,18H,7,10-11H2,1-2H3,(H,17,22);1H. The first-order valence-corrected chi connectivity index (χ1v) is 9.41. The Morgan fingerprint density at radius 1 is 1.31 bits per heavy atom. The first-order valence-electron chi connectivity index (χ1n) is 7.97. The van der Waals surface area contributed by atoms with Crippen molar-refractivity contribution < 1.29 is 13.2 Å². The van der Waals surface area contributed by atoms with Crippen LogP contribution in [0.1, 0.15) is 22.2 Å². The molecular weight excluding hydrogens is 378 g/mol. The Morgan fingerprint density at radius 2 is 2.00 bits per heavy atom. The second-order valence-corrected chi connectivity index (χ2v) is 7.73. The van der Waals surface area contributed by atoms with E-state index in [9.17, 15) is 13.2 Å². The fourth-order valence-corrected chi connectivity index (χ4v) is 4.54. The highest BCUT2D eigenvalue weighted by atomic mass is 35.5. The third kappa shape index (κ3) is 3.75. The number of benzene rings is 1. The molecule has 10 heteroatoms. The lowest BCUT2D eigenvalue weighted by atomic mass is 10.2. The van der Waals surface area contributed by atoms with Crippen molar-refractivity contribution in [3.63, 3.8) is 0 Å². The Balaban J connectivity index is 0.00000243. The van der Waals surface area contributed by atoms with E-state index in [1.807, 2.05) is 11.6 Å². The lowest BCUT2D eigenvalue weighted by Crippen LogP contribution is -2.49. The van der Waals surface area contributed by atoms with Gasteiger partial charge in [0.2, 0.25) is 10.0 Å². The maximum atomic E-state index is 13.1. The van der Waals surface area contributed by atoms with Crippen molar-refractivity contribution in [2.45, 2.75) is 10.9 Å². The SMILES string of the molecule is CNC(=O)c1ccc(S(=O)(=O)N2CCNCC2c2nccn2C)cc1.Cl. The third-order valence-corrected chi connectivity index (χ3v) is 6.22. The smallest absolute Gasteiger partial charge is 0.251 e. The van der Waals surface area contributed by atoms with E-state index in [2.05, 4.69) is 15.6 Å². The molecule has 2 N–H and O–H groups in total. The topological polar surface area (TPSA) is 96.3 Å². The summed E-state index contributed by atoms with van der Waals surface area (Å²) in [6, 6.07) is 5.60.